The Balaban J connectivity index is 1.79. The van der Waals surface area contributed by atoms with Crippen molar-refractivity contribution in [3.63, 3.8) is 0 Å². The number of rotatable bonds is 6. The fourth-order valence-electron chi connectivity index (χ4n) is 2.64. The number of benzene rings is 1. The molecule has 2 heterocycles. The number of hydrogen-bond acceptors (Lipinski definition) is 6. The number of carbonyl (C=O) groups excluding carboxylic acids is 2. The number of ether oxygens (including phenoxy) is 2. The molecule has 0 saturated carbocycles. The number of primary amides is 1. The molecule has 1 aromatic heterocycles. The van der Waals surface area contributed by atoms with Crippen LogP contribution in [-0.2, 0) is 11.2 Å². The van der Waals surface area contributed by atoms with Gasteiger partial charge in [-0.25, -0.2) is 0 Å². The van der Waals surface area contributed by atoms with Crippen molar-refractivity contribution in [1.29, 1.82) is 0 Å². The summed E-state index contributed by atoms with van der Waals surface area (Å²) in [4.78, 5) is 25.9. The minimum atomic E-state index is -0.465. The van der Waals surface area contributed by atoms with E-state index in [4.69, 9.17) is 15.2 Å². The fraction of sp³-hybridized carbons (Fsp3) is 0.294. The van der Waals surface area contributed by atoms with Crippen LogP contribution in [-0.4, -0.2) is 38.3 Å². The van der Waals surface area contributed by atoms with Gasteiger partial charge in [0.1, 0.15) is 0 Å². The standard InChI is InChI=1S/C17H18N2O4S2/c1-22-12-4-3-10(7-13(12)23-2)5-6-19-11-8-14(16(18)21)25-17(11)24-9-15(19)20/h3-4,7-8H,5-6,9H2,1-2H3,(H2,18,21). The minimum absolute atomic E-state index is 0.0341. The molecule has 0 spiro atoms. The second-order valence-electron chi connectivity index (χ2n) is 5.42. The smallest absolute Gasteiger partial charge is 0.258 e. The van der Waals surface area contributed by atoms with Crippen LogP contribution in [0, 0.1) is 0 Å². The highest BCUT2D eigenvalue weighted by Gasteiger charge is 2.28. The molecule has 0 atom stereocenters. The Bertz CT molecular complexity index is 819. The first-order chi connectivity index (χ1) is 12.0. The summed E-state index contributed by atoms with van der Waals surface area (Å²) in [5.41, 5.74) is 7.18. The molecule has 2 aromatic rings. The van der Waals surface area contributed by atoms with Gasteiger partial charge in [0.2, 0.25) is 5.91 Å². The molecule has 8 heteroatoms. The van der Waals surface area contributed by atoms with Gasteiger partial charge in [-0.05, 0) is 30.2 Å². The third-order valence-corrected chi connectivity index (χ3v) is 6.31. The summed E-state index contributed by atoms with van der Waals surface area (Å²) >= 11 is 2.79. The van der Waals surface area contributed by atoms with Gasteiger partial charge in [-0.1, -0.05) is 6.07 Å². The molecule has 0 bridgehead atoms. The topological polar surface area (TPSA) is 81.9 Å². The Labute approximate surface area is 153 Å². The maximum atomic E-state index is 12.3. The second-order valence-corrected chi connectivity index (χ2v) is 7.72. The molecule has 0 unspecified atom stereocenters. The highest BCUT2D eigenvalue weighted by molar-refractivity contribution is 8.02. The first-order valence-electron chi connectivity index (χ1n) is 7.61. The molecule has 1 aliphatic rings. The molecule has 0 radical (unpaired) electrons. The lowest BCUT2D eigenvalue weighted by Crippen LogP contribution is -2.36. The van der Waals surface area contributed by atoms with Crippen molar-refractivity contribution >= 4 is 40.6 Å². The first kappa shape index (κ1) is 17.6. The average Bonchev–Trinajstić information content (AvgIpc) is 3.05. The number of nitrogens with zero attached hydrogens (tertiary/aromatic N) is 1. The number of thiophene rings is 1. The normalized spacial score (nSPS) is 13.5. The van der Waals surface area contributed by atoms with Crippen molar-refractivity contribution in [3.8, 4) is 11.5 Å². The van der Waals surface area contributed by atoms with Gasteiger partial charge < -0.3 is 20.1 Å². The zero-order valence-electron chi connectivity index (χ0n) is 13.9. The van der Waals surface area contributed by atoms with Crippen LogP contribution in [0.5, 0.6) is 11.5 Å². The molecular formula is C17H18N2O4S2. The van der Waals surface area contributed by atoms with Crippen molar-refractivity contribution in [1.82, 2.24) is 0 Å². The van der Waals surface area contributed by atoms with Gasteiger partial charge in [-0.2, -0.15) is 0 Å². The van der Waals surface area contributed by atoms with Crippen molar-refractivity contribution < 1.29 is 19.1 Å². The number of amides is 2. The molecule has 0 aliphatic carbocycles. The van der Waals surface area contributed by atoms with Crippen molar-refractivity contribution in [2.45, 2.75) is 10.6 Å². The van der Waals surface area contributed by atoms with Gasteiger partial charge in [-0.3, -0.25) is 9.59 Å². The molecule has 0 fully saturated rings. The highest BCUT2D eigenvalue weighted by Crippen LogP contribution is 2.42. The Kier molecular flexibility index (Phi) is 5.19. The number of hydrogen-bond donors (Lipinski definition) is 1. The molecule has 2 N–H and O–H groups in total. The zero-order valence-corrected chi connectivity index (χ0v) is 15.5. The SMILES string of the molecule is COc1ccc(CCN2C(=O)CSc3sc(C(N)=O)cc32)cc1OC. The van der Waals surface area contributed by atoms with Gasteiger partial charge >= 0.3 is 0 Å². The van der Waals surface area contributed by atoms with Gasteiger partial charge in [0, 0.05) is 6.54 Å². The molecule has 1 aromatic carbocycles. The maximum Gasteiger partial charge on any atom is 0.258 e. The van der Waals surface area contributed by atoms with Crippen LogP contribution in [0.3, 0.4) is 0 Å². The predicted octanol–water partition coefficient (Wildman–Crippen LogP) is 2.55. The maximum absolute atomic E-state index is 12.3. The molecule has 2 amide bonds. The Hall–Kier alpha value is -2.19. The van der Waals surface area contributed by atoms with Crippen LogP contribution in [0.2, 0.25) is 0 Å². The fourth-order valence-corrected chi connectivity index (χ4v) is 4.79. The summed E-state index contributed by atoms with van der Waals surface area (Å²) in [6.07, 6.45) is 0.665. The zero-order chi connectivity index (χ0) is 18.0. The number of carbonyl (C=O) groups is 2. The lowest BCUT2D eigenvalue weighted by molar-refractivity contribution is -0.116. The van der Waals surface area contributed by atoms with E-state index in [1.165, 1.54) is 23.1 Å². The Morgan fingerprint density at radius 3 is 2.68 bits per heavy atom. The molecule has 0 saturated heterocycles. The first-order valence-corrected chi connectivity index (χ1v) is 9.41. The van der Waals surface area contributed by atoms with Crippen LogP contribution in [0.4, 0.5) is 5.69 Å². The lowest BCUT2D eigenvalue weighted by Gasteiger charge is -2.26. The Morgan fingerprint density at radius 2 is 2.00 bits per heavy atom. The molecule has 132 valence electrons. The molecule has 6 nitrogen and oxygen atoms in total. The number of anilines is 1. The van der Waals surface area contributed by atoms with E-state index in [1.807, 2.05) is 18.2 Å². The van der Waals surface area contributed by atoms with Crippen LogP contribution < -0.4 is 20.1 Å². The third kappa shape index (κ3) is 3.59. The van der Waals surface area contributed by atoms with E-state index in [2.05, 4.69) is 0 Å². The van der Waals surface area contributed by atoms with Crippen molar-refractivity contribution in [2.24, 2.45) is 5.73 Å². The number of nitrogens with two attached hydrogens (primary N) is 1. The van der Waals surface area contributed by atoms with Gasteiger partial charge in [0.05, 0.1) is 34.7 Å². The summed E-state index contributed by atoms with van der Waals surface area (Å²) in [6.45, 7) is 0.525. The third-order valence-electron chi connectivity index (χ3n) is 3.91. The summed E-state index contributed by atoms with van der Waals surface area (Å²) in [6, 6.07) is 7.42. The summed E-state index contributed by atoms with van der Waals surface area (Å²) < 4.78 is 11.5. The second kappa shape index (κ2) is 7.37. The van der Waals surface area contributed by atoms with Gasteiger partial charge in [-0.15, -0.1) is 23.1 Å². The summed E-state index contributed by atoms with van der Waals surface area (Å²) in [7, 11) is 3.19. The van der Waals surface area contributed by atoms with Crippen LogP contribution >= 0.6 is 23.1 Å². The van der Waals surface area contributed by atoms with Crippen molar-refractivity contribution in [2.75, 3.05) is 31.4 Å². The van der Waals surface area contributed by atoms with Gasteiger partial charge in [0.15, 0.2) is 11.5 Å². The monoisotopic (exact) mass is 378 g/mol. The van der Waals surface area contributed by atoms with Crippen LogP contribution in [0.25, 0.3) is 0 Å². The van der Waals surface area contributed by atoms with Crippen LogP contribution in [0.15, 0.2) is 28.5 Å². The molecule has 1 aliphatic heterocycles. The quantitative estimate of drug-likeness (QED) is 0.835. The number of thioether (sulfide) groups is 1. The average molecular weight is 378 g/mol. The van der Waals surface area contributed by atoms with E-state index in [-0.39, 0.29) is 5.91 Å². The molecule has 3 rings (SSSR count). The lowest BCUT2D eigenvalue weighted by atomic mass is 10.1. The van der Waals surface area contributed by atoms with Crippen molar-refractivity contribution in [3.05, 3.63) is 34.7 Å². The summed E-state index contributed by atoms with van der Waals surface area (Å²) in [5.74, 6) is 1.27. The van der Waals surface area contributed by atoms with Crippen LogP contribution in [0.1, 0.15) is 15.2 Å². The largest absolute Gasteiger partial charge is 0.493 e. The van der Waals surface area contributed by atoms with E-state index < -0.39 is 5.91 Å². The Morgan fingerprint density at radius 1 is 1.24 bits per heavy atom. The van der Waals surface area contributed by atoms with E-state index in [0.29, 0.717) is 35.1 Å². The summed E-state index contributed by atoms with van der Waals surface area (Å²) in [5, 5.41) is 0. The molecular weight excluding hydrogens is 360 g/mol. The predicted molar refractivity (Wildman–Crippen MR) is 99.2 cm³/mol. The molecule has 25 heavy (non-hydrogen) atoms. The number of methoxy groups -OCH3 is 2. The van der Waals surface area contributed by atoms with E-state index in [9.17, 15) is 9.59 Å². The number of fused-ring (bicyclic) bond motifs is 1. The van der Waals surface area contributed by atoms with E-state index in [1.54, 1.807) is 25.2 Å². The van der Waals surface area contributed by atoms with E-state index in [0.717, 1.165) is 15.5 Å². The van der Waals surface area contributed by atoms with Gasteiger partial charge in [0.25, 0.3) is 5.91 Å². The minimum Gasteiger partial charge on any atom is -0.493 e. The van der Waals surface area contributed by atoms with E-state index >= 15 is 0 Å². The highest BCUT2D eigenvalue weighted by atomic mass is 32.2.